The third kappa shape index (κ3) is 6.54. The van der Waals surface area contributed by atoms with Gasteiger partial charge in [0, 0.05) is 54.2 Å². The maximum absolute atomic E-state index is 11.7. The highest BCUT2D eigenvalue weighted by atomic mass is 35.5. The van der Waals surface area contributed by atoms with E-state index in [4.69, 9.17) is 28.6 Å². The van der Waals surface area contributed by atoms with Gasteiger partial charge in [0.2, 0.25) is 0 Å². The fourth-order valence-electron chi connectivity index (χ4n) is 2.87. The molecule has 0 radical (unpaired) electrons. The lowest BCUT2D eigenvalue weighted by atomic mass is 9.94. The van der Waals surface area contributed by atoms with Gasteiger partial charge >= 0.3 is 0 Å². The predicted octanol–water partition coefficient (Wildman–Crippen LogP) is 6.80. The quantitative estimate of drug-likeness (QED) is 0.297. The Bertz CT molecular complexity index is 953. The largest absolute Gasteiger partial charge is 0.349 e. The van der Waals surface area contributed by atoms with Crippen molar-refractivity contribution in [3.63, 3.8) is 0 Å². The zero-order valence-electron chi connectivity index (χ0n) is 18.4. The van der Waals surface area contributed by atoms with Crippen LogP contribution in [0.15, 0.2) is 75.6 Å². The Morgan fingerprint density at radius 3 is 2.40 bits per heavy atom. The molecule has 160 valence electrons. The Labute approximate surface area is 189 Å². The molecule has 0 bridgehead atoms. The minimum Gasteiger partial charge on any atom is -0.349 e. The van der Waals surface area contributed by atoms with Crippen LogP contribution in [0.3, 0.4) is 0 Å². The normalized spacial score (nSPS) is 15.9. The smallest absolute Gasteiger partial charge is 0.178 e. The van der Waals surface area contributed by atoms with Crippen LogP contribution in [-0.4, -0.2) is 28.4 Å². The molecule has 30 heavy (non-hydrogen) atoms. The van der Waals surface area contributed by atoms with Gasteiger partial charge in [-0.1, -0.05) is 55.3 Å². The second kappa shape index (κ2) is 12.3. The monoisotopic (exact) mass is 445 g/mol. The lowest BCUT2D eigenvalue weighted by Gasteiger charge is -2.25. The first-order valence-corrected chi connectivity index (χ1v) is 10.6. The van der Waals surface area contributed by atoms with Crippen molar-refractivity contribution in [1.82, 2.24) is 9.88 Å². The topological polar surface area (TPSA) is 57.1 Å². The van der Waals surface area contributed by atoms with Crippen LogP contribution < -0.4 is 0 Å². The van der Waals surface area contributed by atoms with Gasteiger partial charge in [0.15, 0.2) is 5.78 Å². The molecule has 4 nitrogen and oxygen atoms in total. The zero-order valence-corrected chi connectivity index (χ0v) is 19.9. The average molecular weight is 446 g/mol. The van der Waals surface area contributed by atoms with Gasteiger partial charge in [0.1, 0.15) is 5.69 Å². The molecule has 0 amide bonds. The molecule has 1 aliphatic heterocycles. The van der Waals surface area contributed by atoms with E-state index in [2.05, 4.69) is 4.98 Å². The number of carbonyl (C=O) groups excluding carboxylic acids is 1. The number of hydrogen-bond donors (Lipinski definition) is 1. The number of aromatic nitrogens is 1. The predicted molar refractivity (Wildman–Crippen MR) is 128 cm³/mol. The Morgan fingerprint density at radius 2 is 1.87 bits per heavy atom. The molecule has 2 heterocycles. The van der Waals surface area contributed by atoms with Crippen LogP contribution in [0.2, 0.25) is 0 Å². The Morgan fingerprint density at radius 1 is 1.20 bits per heavy atom. The number of likely N-dealkylation sites (N-methyl/N-ethyl adjacent to an activating group) is 1. The molecule has 0 fully saturated rings. The first kappa shape index (κ1) is 25.6. The van der Waals surface area contributed by atoms with Gasteiger partial charge < -0.3 is 4.90 Å². The van der Waals surface area contributed by atoms with Crippen molar-refractivity contribution < 1.29 is 4.79 Å². The van der Waals surface area contributed by atoms with E-state index in [1.54, 1.807) is 30.5 Å². The van der Waals surface area contributed by atoms with Crippen molar-refractivity contribution in [2.45, 2.75) is 41.0 Å². The van der Waals surface area contributed by atoms with Crippen molar-refractivity contribution in [3.8, 4) is 0 Å². The van der Waals surface area contributed by atoms with Crippen molar-refractivity contribution in [2.24, 2.45) is 0 Å². The van der Waals surface area contributed by atoms with E-state index in [9.17, 15) is 4.79 Å². The Kier molecular flexibility index (Phi) is 10.5. The molecule has 2 rings (SSSR count). The molecule has 1 aliphatic rings. The maximum Gasteiger partial charge on any atom is 0.178 e. The fourth-order valence-corrected chi connectivity index (χ4v) is 3.28. The number of allylic oxidation sites excluding steroid dienone is 8. The lowest BCUT2D eigenvalue weighted by Crippen LogP contribution is -2.20. The highest BCUT2D eigenvalue weighted by Crippen LogP contribution is 2.28. The van der Waals surface area contributed by atoms with Crippen LogP contribution in [-0.2, 0) is 6.42 Å². The second-order valence-corrected chi connectivity index (χ2v) is 7.13. The average Bonchev–Trinajstić information content (AvgIpc) is 2.74. The van der Waals surface area contributed by atoms with Crippen LogP contribution in [0, 0.1) is 5.41 Å². The summed E-state index contributed by atoms with van der Waals surface area (Å²) in [5, 5.41) is 9.95. The summed E-state index contributed by atoms with van der Waals surface area (Å²) in [7, 11) is 1.88. The van der Waals surface area contributed by atoms with E-state index in [0.29, 0.717) is 39.2 Å². The summed E-state index contributed by atoms with van der Waals surface area (Å²) in [6, 6.07) is 5.34. The first-order valence-electron chi connectivity index (χ1n) is 9.84. The molecular weight excluding hydrogens is 417 g/mol. The van der Waals surface area contributed by atoms with E-state index in [1.165, 1.54) is 6.92 Å². The number of halogens is 2. The number of carbonyl (C=O) groups is 1. The van der Waals surface area contributed by atoms with Crippen molar-refractivity contribution in [1.29, 1.82) is 5.41 Å². The number of rotatable bonds is 6. The van der Waals surface area contributed by atoms with Crippen LogP contribution in [0.4, 0.5) is 0 Å². The number of pyridine rings is 1. The zero-order chi connectivity index (χ0) is 22.8. The highest BCUT2D eigenvalue weighted by Gasteiger charge is 2.20. The van der Waals surface area contributed by atoms with Gasteiger partial charge in [-0.15, -0.1) is 0 Å². The molecule has 0 unspecified atom stereocenters. The fraction of sp³-hybridized carbons (Fsp3) is 0.292. The Hall–Kier alpha value is -2.43. The van der Waals surface area contributed by atoms with Crippen molar-refractivity contribution in [3.05, 3.63) is 87.0 Å². The number of nitrogens with zero attached hydrogens (tertiary/aromatic N) is 2. The van der Waals surface area contributed by atoms with E-state index in [0.717, 1.165) is 11.3 Å². The summed E-state index contributed by atoms with van der Waals surface area (Å²) in [6.45, 7) is 9.17. The summed E-state index contributed by atoms with van der Waals surface area (Å²) >= 11 is 12.4. The van der Waals surface area contributed by atoms with E-state index in [1.807, 2.05) is 57.9 Å². The first-order chi connectivity index (χ1) is 14.3. The second-order valence-electron chi connectivity index (χ2n) is 6.28. The minimum atomic E-state index is -0.0957. The highest BCUT2D eigenvalue weighted by molar-refractivity contribution is 6.37. The van der Waals surface area contributed by atoms with Crippen LogP contribution in [0.25, 0.3) is 0 Å². The molecule has 0 atom stereocenters. The molecule has 0 aromatic carbocycles. The molecule has 6 heteroatoms. The van der Waals surface area contributed by atoms with E-state index in [-0.39, 0.29) is 5.78 Å². The number of nitrogens with one attached hydrogen (secondary N) is 1. The minimum absolute atomic E-state index is 0.0957. The van der Waals surface area contributed by atoms with Gasteiger partial charge in [-0.05, 0) is 38.1 Å². The molecule has 0 saturated heterocycles. The van der Waals surface area contributed by atoms with Gasteiger partial charge in [-0.2, -0.15) is 0 Å². The lowest BCUT2D eigenvalue weighted by molar-refractivity contribution is 0.101. The van der Waals surface area contributed by atoms with E-state index < -0.39 is 0 Å². The third-order valence-corrected chi connectivity index (χ3v) is 4.95. The molecule has 0 spiro atoms. The Balaban J connectivity index is 0.00000218. The molecule has 0 saturated carbocycles. The summed E-state index contributed by atoms with van der Waals surface area (Å²) < 4.78 is 0. The van der Waals surface area contributed by atoms with Gasteiger partial charge in [0.05, 0.1) is 10.7 Å². The molecule has 1 aromatic heterocycles. The maximum atomic E-state index is 11.7. The molecule has 1 aromatic rings. The molecule has 0 aliphatic carbocycles. The summed E-state index contributed by atoms with van der Waals surface area (Å²) in [6.07, 6.45) is 9.41. The number of ketones is 1. The van der Waals surface area contributed by atoms with Crippen LogP contribution >= 0.6 is 23.2 Å². The summed E-state index contributed by atoms with van der Waals surface area (Å²) in [5.74, 6) is -0.0957. The van der Waals surface area contributed by atoms with Crippen molar-refractivity contribution in [2.75, 3.05) is 7.05 Å². The standard InChI is InChI=1S/C22H23Cl2N3O.C2H6/c1-5-17(19(24)6-2)22(25)18(21-11-10-15(23)13-27(21)4)12-16-8-7-9-20(26-16)14(3)28;1-2/h5-11,13,25H,12H2,1-4H3;1-2H3/b17-5+,19-6+,21-18-,25-22?;. The number of Topliss-reactive ketones (excluding diaryl/α,β-unsaturated/α-hetero) is 1. The SMILES string of the molecule is C/C=C(C(=N)/C(Cc1cccc(C(C)=O)n1)=C1/C=CC(Cl)=CN1C)\C(Cl)=C/C.CC. The molecule has 1 N–H and O–H groups in total. The molecular formula is C24H29Cl2N3O. The van der Waals surface area contributed by atoms with Gasteiger partial charge in [0.25, 0.3) is 0 Å². The third-order valence-electron chi connectivity index (χ3n) is 4.30. The van der Waals surface area contributed by atoms with E-state index >= 15 is 0 Å². The number of hydrogen-bond acceptors (Lipinski definition) is 4. The van der Waals surface area contributed by atoms with Crippen LogP contribution in [0.1, 0.15) is 50.8 Å². The summed E-state index contributed by atoms with van der Waals surface area (Å²) in [5.41, 5.74) is 3.61. The summed E-state index contributed by atoms with van der Waals surface area (Å²) in [4.78, 5) is 18.0. The van der Waals surface area contributed by atoms with Crippen molar-refractivity contribution >= 4 is 34.7 Å². The van der Waals surface area contributed by atoms with Crippen LogP contribution in [0.5, 0.6) is 0 Å². The van der Waals surface area contributed by atoms with Gasteiger partial charge in [-0.3, -0.25) is 10.2 Å². The van der Waals surface area contributed by atoms with Gasteiger partial charge in [-0.25, -0.2) is 4.98 Å².